The number of nitrogens with one attached hydrogen (secondary N) is 1. The van der Waals surface area contributed by atoms with Crippen molar-refractivity contribution in [3.05, 3.63) is 22.2 Å². The van der Waals surface area contributed by atoms with Crippen molar-refractivity contribution < 1.29 is 14.6 Å². The van der Waals surface area contributed by atoms with Gasteiger partial charge in [0.15, 0.2) is 11.5 Å². The van der Waals surface area contributed by atoms with Crippen LogP contribution in [0.1, 0.15) is 25.8 Å². The summed E-state index contributed by atoms with van der Waals surface area (Å²) in [5, 5.41) is 12.6. The average molecular weight is 346 g/mol. The van der Waals surface area contributed by atoms with Gasteiger partial charge in [-0.1, -0.05) is 29.8 Å². The number of benzene rings is 1. The molecule has 1 unspecified atom stereocenters. The topological polar surface area (TPSA) is 50.7 Å². The Morgan fingerprint density at radius 2 is 1.80 bits per heavy atom. The van der Waals surface area contributed by atoms with Crippen molar-refractivity contribution in [2.75, 3.05) is 20.8 Å². The van der Waals surface area contributed by atoms with Crippen LogP contribution in [-0.2, 0) is 6.54 Å². The number of aliphatic hydroxyl groups excluding tert-OH is 1. The predicted molar refractivity (Wildman–Crippen MR) is 84.4 cm³/mol. The highest BCUT2D eigenvalue weighted by Crippen LogP contribution is 2.33. The molecule has 1 rings (SSSR count). The summed E-state index contributed by atoms with van der Waals surface area (Å²) in [6, 6.07) is 4.17. The van der Waals surface area contributed by atoms with Crippen LogP contribution in [0.5, 0.6) is 11.5 Å². The zero-order chi connectivity index (χ0) is 15.1. The molecule has 0 aliphatic carbocycles. The van der Waals surface area contributed by atoms with Crippen LogP contribution < -0.4 is 14.8 Å². The standard InChI is InChI=1S/C15H24BrNO3/c1-10(2)13(5-6-18)17-9-11-7-14(19-3)15(20-4)8-12(11)16/h7-8,10,13,17-18H,5-6,9H2,1-4H3. The van der Waals surface area contributed by atoms with Crippen molar-refractivity contribution >= 4 is 15.9 Å². The Bertz CT molecular complexity index is 424. The summed E-state index contributed by atoms with van der Waals surface area (Å²) in [5.41, 5.74) is 1.10. The molecule has 0 aliphatic heterocycles. The summed E-state index contributed by atoms with van der Waals surface area (Å²) in [6.45, 7) is 5.21. The highest BCUT2D eigenvalue weighted by atomic mass is 79.9. The number of hydrogen-bond donors (Lipinski definition) is 2. The Morgan fingerprint density at radius 1 is 1.20 bits per heavy atom. The number of methoxy groups -OCH3 is 2. The molecular formula is C15H24BrNO3. The van der Waals surface area contributed by atoms with Gasteiger partial charge in [0.05, 0.1) is 14.2 Å². The molecule has 20 heavy (non-hydrogen) atoms. The van der Waals surface area contributed by atoms with E-state index in [2.05, 4.69) is 35.1 Å². The van der Waals surface area contributed by atoms with E-state index in [1.807, 2.05) is 12.1 Å². The van der Waals surface area contributed by atoms with E-state index in [0.29, 0.717) is 24.3 Å². The van der Waals surface area contributed by atoms with Crippen LogP contribution in [0.15, 0.2) is 16.6 Å². The lowest BCUT2D eigenvalue weighted by molar-refractivity contribution is 0.243. The van der Waals surface area contributed by atoms with Crippen molar-refractivity contribution in [2.24, 2.45) is 5.92 Å². The van der Waals surface area contributed by atoms with E-state index in [1.165, 1.54) is 0 Å². The van der Waals surface area contributed by atoms with Crippen molar-refractivity contribution in [2.45, 2.75) is 32.9 Å². The zero-order valence-electron chi connectivity index (χ0n) is 12.6. The maximum absolute atomic E-state index is 9.10. The second-order valence-corrected chi connectivity index (χ2v) is 5.90. The molecule has 0 bridgehead atoms. The molecule has 4 nitrogen and oxygen atoms in total. The van der Waals surface area contributed by atoms with Gasteiger partial charge in [0.2, 0.25) is 0 Å². The summed E-state index contributed by atoms with van der Waals surface area (Å²) in [7, 11) is 3.25. The SMILES string of the molecule is COc1cc(Br)c(CNC(CCO)C(C)C)cc1OC. The van der Waals surface area contributed by atoms with E-state index in [-0.39, 0.29) is 6.61 Å². The summed E-state index contributed by atoms with van der Waals surface area (Å²) >= 11 is 3.55. The Hall–Kier alpha value is -0.780. The average Bonchev–Trinajstić information content (AvgIpc) is 2.43. The number of rotatable bonds is 8. The van der Waals surface area contributed by atoms with Crippen molar-refractivity contribution in [1.29, 1.82) is 0 Å². The predicted octanol–water partition coefficient (Wildman–Crippen LogP) is 2.96. The van der Waals surface area contributed by atoms with E-state index >= 15 is 0 Å². The van der Waals surface area contributed by atoms with Crippen LogP contribution in [0.4, 0.5) is 0 Å². The Balaban J connectivity index is 2.81. The number of ether oxygens (including phenoxy) is 2. The van der Waals surface area contributed by atoms with Gasteiger partial charge >= 0.3 is 0 Å². The number of aliphatic hydroxyl groups is 1. The molecule has 114 valence electrons. The Labute approximate surface area is 129 Å². The molecule has 0 aliphatic rings. The molecule has 0 spiro atoms. The molecule has 1 atom stereocenters. The monoisotopic (exact) mass is 345 g/mol. The van der Waals surface area contributed by atoms with Crippen LogP contribution in [0.25, 0.3) is 0 Å². The molecule has 5 heteroatoms. The van der Waals surface area contributed by atoms with Crippen molar-refractivity contribution in [3.8, 4) is 11.5 Å². The lowest BCUT2D eigenvalue weighted by atomic mass is 10.0. The van der Waals surface area contributed by atoms with Crippen LogP contribution in [0.3, 0.4) is 0 Å². The fourth-order valence-electron chi connectivity index (χ4n) is 2.08. The second-order valence-electron chi connectivity index (χ2n) is 5.04. The van der Waals surface area contributed by atoms with E-state index in [9.17, 15) is 0 Å². The smallest absolute Gasteiger partial charge is 0.161 e. The highest BCUT2D eigenvalue weighted by molar-refractivity contribution is 9.10. The summed E-state index contributed by atoms with van der Waals surface area (Å²) in [5.74, 6) is 1.90. The fourth-order valence-corrected chi connectivity index (χ4v) is 2.55. The minimum Gasteiger partial charge on any atom is -0.493 e. The third-order valence-corrected chi connectivity index (χ3v) is 4.09. The van der Waals surface area contributed by atoms with Crippen LogP contribution in [0, 0.1) is 5.92 Å². The Morgan fingerprint density at radius 3 is 2.30 bits per heavy atom. The van der Waals surface area contributed by atoms with Gasteiger partial charge in [-0.2, -0.15) is 0 Å². The molecule has 0 radical (unpaired) electrons. The third kappa shape index (κ3) is 4.65. The largest absolute Gasteiger partial charge is 0.493 e. The van der Waals surface area contributed by atoms with Crippen LogP contribution in [-0.4, -0.2) is 32.0 Å². The molecule has 2 N–H and O–H groups in total. The first-order chi connectivity index (χ1) is 9.53. The molecule has 0 saturated heterocycles. The first kappa shape index (κ1) is 17.3. The molecule has 0 aromatic heterocycles. The quantitative estimate of drug-likeness (QED) is 0.760. The maximum Gasteiger partial charge on any atom is 0.161 e. The van der Waals surface area contributed by atoms with E-state index < -0.39 is 0 Å². The summed E-state index contributed by atoms with van der Waals surface area (Å²) in [4.78, 5) is 0. The van der Waals surface area contributed by atoms with Gasteiger partial charge < -0.3 is 19.9 Å². The van der Waals surface area contributed by atoms with Crippen molar-refractivity contribution in [1.82, 2.24) is 5.32 Å². The molecule has 0 fully saturated rings. The first-order valence-electron chi connectivity index (χ1n) is 6.78. The highest BCUT2D eigenvalue weighted by Gasteiger charge is 2.14. The third-order valence-electron chi connectivity index (χ3n) is 3.35. The van der Waals surface area contributed by atoms with Gasteiger partial charge in [-0.3, -0.25) is 0 Å². The minimum absolute atomic E-state index is 0.197. The lowest BCUT2D eigenvalue weighted by Gasteiger charge is -2.22. The zero-order valence-corrected chi connectivity index (χ0v) is 14.2. The minimum atomic E-state index is 0.197. The molecule has 1 aromatic carbocycles. The molecule has 0 saturated carbocycles. The Kier molecular flexibility index (Phi) is 7.34. The second kappa shape index (κ2) is 8.49. The normalized spacial score (nSPS) is 12.6. The van der Waals surface area contributed by atoms with Gasteiger partial charge in [-0.05, 0) is 30.0 Å². The van der Waals surface area contributed by atoms with E-state index in [4.69, 9.17) is 14.6 Å². The van der Waals surface area contributed by atoms with Crippen molar-refractivity contribution in [3.63, 3.8) is 0 Å². The fraction of sp³-hybridized carbons (Fsp3) is 0.600. The van der Waals surface area contributed by atoms with Gasteiger partial charge in [-0.15, -0.1) is 0 Å². The number of hydrogen-bond acceptors (Lipinski definition) is 4. The molecule has 0 amide bonds. The maximum atomic E-state index is 9.10. The van der Waals surface area contributed by atoms with E-state index in [1.54, 1.807) is 14.2 Å². The van der Waals surface area contributed by atoms with Gasteiger partial charge in [0.25, 0.3) is 0 Å². The van der Waals surface area contributed by atoms with Gasteiger partial charge in [0, 0.05) is 23.7 Å². The van der Waals surface area contributed by atoms with Gasteiger partial charge in [0.1, 0.15) is 0 Å². The van der Waals surface area contributed by atoms with Crippen LogP contribution >= 0.6 is 15.9 Å². The molecule has 1 aromatic rings. The molecule has 0 heterocycles. The summed E-state index contributed by atoms with van der Waals surface area (Å²) < 4.78 is 11.6. The summed E-state index contributed by atoms with van der Waals surface area (Å²) in [6.07, 6.45) is 0.753. The van der Waals surface area contributed by atoms with E-state index in [0.717, 1.165) is 22.2 Å². The first-order valence-corrected chi connectivity index (χ1v) is 7.57. The lowest BCUT2D eigenvalue weighted by Crippen LogP contribution is -2.34. The number of halogens is 1. The van der Waals surface area contributed by atoms with Gasteiger partial charge in [-0.25, -0.2) is 0 Å². The molecular weight excluding hydrogens is 322 g/mol. The van der Waals surface area contributed by atoms with Crippen LogP contribution in [0.2, 0.25) is 0 Å².